The lowest BCUT2D eigenvalue weighted by molar-refractivity contribution is -0.161. The van der Waals surface area contributed by atoms with Crippen LogP contribution in [0.25, 0.3) is 0 Å². The van der Waals surface area contributed by atoms with E-state index < -0.39 is 32.5 Å². The fraction of sp³-hybridized carbons (Fsp3) is 0.707. The molecule has 0 fully saturated rings. The molecule has 3 N–H and O–H groups in total. The standard InChI is InChI=1S/C41H72NO8P/c1-3-5-7-9-11-13-15-17-19-21-23-25-27-29-31-33-40(43)47-37-39(38-49-51(45,46)48-36-35-42)50-41(44)34-32-30-28-26-24-22-20-18-16-14-12-10-8-6-4-2/h5,7,11,13,17,19,22-25,39H,3-4,6,8-10,12,14-16,18,20-21,26-38,42H2,1-2H3,(H,45,46)/b7-5+,13-11+,19-17+,24-22+,25-23+/t39-/m1/s1. The van der Waals surface area contributed by atoms with Gasteiger partial charge < -0.3 is 20.1 Å². The van der Waals surface area contributed by atoms with Gasteiger partial charge in [0.15, 0.2) is 6.10 Å². The van der Waals surface area contributed by atoms with E-state index in [2.05, 4.69) is 74.6 Å². The number of allylic oxidation sites excluding steroid dienone is 10. The zero-order valence-corrected chi connectivity index (χ0v) is 33.0. The minimum Gasteiger partial charge on any atom is -0.462 e. The van der Waals surface area contributed by atoms with E-state index in [1.54, 1.807) is 0 Å². The predicted molar refractivity (Wildman–Crippen MR) is 210 cm³/mol. The maximum Gasteiger partial charge on any atom is 0.472 e. The highest BCUT2D eigenvalue weighted by molar-refractivity contribution is 7.47. The van der Waals surface area contributed by atoms with Gasteiger partial charge in [0.1, 0.15) is 6.61 Å². The summed E-state index contributed by atoms with van der Waals surface area (Å²) < 4.78 is 32.6. The molecule has 0 bridgehead atoms. The SMILES string of the molecule is CC/C=C/C/C=C/C/C=C/C/C=C/CCCCC(=O)OC[C@H](COP(=O)(O)OCCN)OC(=O)CCCCC/C=C/CCCCCCCCCC. The first kappa shape index (κ1) is 48.7. The summed E-state index contributed by atoms with van der Waals surface area (Å²) in [5.41, 5.74) is 5.33. The normalized spacial score (nSPS) is 14.0. The van der Waals surface area contributed by atoms with Crippen LogP contribution in [0.15, 0.2) is 60.8 Å². The van der Waals surface area contributed by atoms with Crippen molar-refractivity contribution in [3.05, 3.63) is 60.8 Å². The van der Waals surface area contributed by atoms with Gasteiger partial charge >= 0.3 is 19.8 Å². The van der Waals surface area contributed by atoms with Crippen molar-refractivity contribution in [1.29, 1.82) is 0 Å². The summed E-state index contributed by atoms with van der Waals surface area (Å²) in [4.78, 5) is 34.7. The van der Waals surface area contributed by atoms with E-state index in [-0.39, 0.29) is 32.6 Å². The van der Waals surface area contributed by atoms with Crippen molar-refractivity contribution in [2.24, 2.45) is 5.73 Å². The van der Waals surface area contributed by atoms with Crippen LogP contribution < -0.4 is 5.73 Å². The number of phosphoric acid groups is 1. The third kappa shape index (κ3) is 37.3. The quantitative estimate of drug-likeness (QED) is 0.0279. The molecule has 0 radical (unpaired) electrons. The summed E-state index contributed by atoms with van der Waals surface area (Å²) in [5, 5.41) is 0. The molecule has 0 saturated heterocycles. The number of carbonyl (C=O) groups is 2. The molecule has 0 amide bonds. The molecule has 10 heteroatoms. The van der Waals surface area contributed by atoms with Crippen molar-refractivity contribution in [3.63, 3.8) is 0 Å². The lowest BCUT2D eigenvalue weighted by Crippen LogP contribution is -2.29. The molecule has 0 aliphatic rings. The Kier molecular flexibility index (Phi) is 35.8. The topological polar surface area (TPSA) is 134 Å². The summed E-state index contributed by atoms with van der Waals surface area (Å²) in [6.45, 7) is 3.53. The van der Waals surface area contributed by atoms with E-state index in [1.807, 2.05) is 0 Å². The number of nitrogens with two attached hydrogens (primary N) is 1. The zero-order valence-electron chi connectivity index (χ0n) is 32.1. The molecular formula is C41H72NO8P. The highest BCUT2D eigenvalue weighted by atomic mass is 31.2. The first-order valence-corrected chi connectivity index (χ1v) is 21.3. The average Bonchev–Trinajstić information content (AvgIpc) is 3.11. The Morgan fingerprint density at radius 3 is 1.67 bits per heavy atom. The molecule has 0 aliphatic carbocycles. The third-order valence-corrected chi connectivity index (χ3v) is 8.87. The first-order valence-electron chi connectivity index (χ1n) is 19.8. The number of hydrogen-bond donors (Lipinski definition) is 2. The number of esters is 2. The molecule has 0 aliphatic heterocycles. The highest BCUT2D eigenvalue weighted by Gasteiger charge is 2.25. The van der Waals surface area contributed by atoms with Crippen molar-refractivity contribution in [2.75, 3.05) is 26.4 Å². The van der Waals surface area contributed by atoms with E-state index in [4.69, 9.17) is 24.3 Å². The molecule has 0 spiro atoms. The number of hydrogen-bond acceptors (Lipinski definition) is 8. The summed E-state index contributed by atoms with van der Waals surface area (Å²) >= 11 is 0. The molecule has 1 unspecified atom stereocenters. The van der Waals surface area contributed by atoms with Crippen molar-refractivity contribution < 1.29 is 37.6 Å². The molecule has 294 valence electrons. The van der Waals surface area contributed by atoms with E-state index in [1.165, 1.54) is 51.4 Å². The number of phosphoric ester groups is 1. The Balaban J connectivity index is 4.31. The van der Waals surface area contributed by atoms with Crippen LogP contribution in [0.2, 0.25) is 0 Å². The van der Waals surface area contributed by atoms with Crippen LogP contribution in [0.5, 0.6) is 0 Å². The molecule has 51 heavy (non-hydrogen) atoms. The lowest BCUT2D eigenvalue weighted by Gasteiger charge is -2.19. The van der Waals surface area contributed by atoms with Crippen LogP contribution in [0.1, 0.15) is 155 Å². The van der Waals surface area contributed by atoms with E-state index >= 15 is 0 Å². The number of ether oxygens (including phenoxy) is 2. The maximum atomic E-state index is 12.5. The number of rotatable bonds is 36. The largest absolute Gasteiger partial charge is 0.472 e. The summed E-state index contributed by atoms with van der Waals surface area (Å²) in [6.07, 6.45) is 42.6. The first-order chi connectivity index (χ1) is 24.8. The Morgan fingerprint density at radius 1 is 0.608 bits per heavy atom. The number of unbranched alkanes of at least 4 members (excludes halogenated alkanes) is 13. The van der Waals surface area contributed by atoms with Crippen LogP contribution in [-0.4, -0.2) is 49.3 Å². The summed E-state index contributed by atoms with van der Waals surface area (Å²) in [7, 11) is -4.39. The van der Waals surface area contributed by atoms with Gasteiger partial charge in [0, 0.05) is 19.4 Å². The van der Waals surface area contributed by atoms with Crippen LogP contribution in [-0.2, 0) is 32.7 Å². The van der Waals surface area contributed by atoms with E-state index in [9.17, 15) is 19.0 Å². The maximum absolute atomic E-state index is 12.5. The highest BCUT2D eigenvalue weighted by Crippen LogP contribution is 2.43. The predicted octanol–water partition coefficient (Wildman–Crippen LogP) is 10.9. The van der Waals surface area contributed by atoms with E-state index in [0.717, 1.165) is 64.2 Å². The molecule has 0 aromatic carbocycles. The Bertz CT molecular complexity index is 1020. The molecule has 2 atom stereocenters. The Labute approximate surface area is 310 Å². The van der Waals surface area contributed by atoms with Gasteiger partial charge in [-0.3, -0.25) is 18.6 Å². The van der Waals surface area contributed by atoms with Crippen molar-refractivity contribution in [3.8, 4) is 0 Å². The molecule has 0 rings (SSSR count). The van der Waals surface area contributed by atoms with Crippen molar-refractivity contribution >= 4 is 19.8 Å². The minimum absolute atomic E-state index is 0.0429. The van der Waals surface area contributed by atoms with Crippen molar-refractivity contribution in [1.82, 2.24) is 0 Å². The van der Waals surface area contributed by atoms with Gasteiger partial charge in [-0.2, -0.15) is 0 Å². The van der Waals surface area contributed by atoms with Gasteiger partial charge in [-0.05, 0) is 77.0 Å². The van der Waals surface area contributed by atoms with Crippen molar-refractivity contribution in [2.45, 2.75) is 161 Å². The fourth-order valence-electron chi connectivity index (χ4n) is 4.97. The van der Waals surface area contributed by atoms with Crippen LogP contribution in [0.3, 0.4) is 0 Å². The smallest absolute Gasteiger partial charge is 0.462 e. The Morgan fingerprint density at radius 2 is 1.08 bits per heavy atom. The van der Waals surface area contributed by atoms with Crippen LogP contribution in [0, 0.1) is 0 Å². The fourth-order valence-corrected chi connectivity index (χ4v) is 5.74. The second-order valence-corrected chi connectivity index (χ2v) is 14.2. The molecular weight excluding hydrogens is 665 g/mol. The zero-order chi connectivity index (χ0) is 37.5. The van der Waals surface area contributed by atoms with Crippen LogP contribution in [0.4, 0.5) is 0 Å². The Hall–Kier alpha value is -2.29. The minimum atomic E-state index is -4.39. The summed E-state index contributed by atoms with van der Waals surface area (Å²) in [6, 6.07) is 0. The van der Waals surface area contributed by atoms with Gasteiger partial charge in [0.2, 0.25) is 0 Å². The molecule has 0 saturated carbocycles. The monoisotopic (exact) mass is 737 g/mol. The molecule has 0 aromatic heterocycles. The van der Waals surface area contributed by atoms with Gasteiger partial charge in [0.25, 0.3) is 0 Å². The van der Waals surface area contributed by atoms with E-state index in [0.29, 0.717) is 12.8 Å². The lowest BCUT2D eigenvalue weighted by atomic mass is 10.1. The van der Waals surface area contributed by atoms with Gasteiger partial charge in [-0.15, -0.1) is 0 Å². The molecule has 9 nitrogen and oxygen atoms in total. The van der Waals surface area contributed by atoms with Gasteiger partial charge in [0.05, 0.1) is 13.2 Å². The average molecular weight is 738 g/mol. The van der Waals surface area contributed by atoms with Gasteiger partial charge in [-0.25, -0.2) is 4.57 Å². The molecule has 0 aromatic rings. The second-order valence-electron chi connectivity index (χ2n) is 12.8. The van der Waals surface area contributed by atoms with Crippen LogP contribution >= 0.6 is 7.82 Å². The third-order valence-electron chi connectivity index (χ3n) is 7.89. The molecule has 0 heterocycles. The number of carbonyl (C=O) groups excluding carboxylic acids is 2. The summed E-state index contributed by atoms with van der Waals surface area (Å²) in [5.74, 6) is -0.901. The van der Waals surface area contributed by atoms with Gasteiger partial charge in [-0.1, -0.05) is 126 Å². The second kappa shape index (κ2) is 37.5.